The fourth-order valence-electron chi connectivity index (χ4n) is 1.67. The van der Waals surface area contributed by atoms with Crippen LogP contribution in [0, 0.1) is 11.3 Å². The van der Waals surface area contributed by atoms with Crippen molar-refractivity contribution in [2.24, 2.45) is 0 Å². The second-order valence-electron chi connectivity index (χ2n) is 3.90. The molecule has 0 saturated carbocycles. The molecule has 4 nitrogen and oxygen atoms in total. The molecule has 0 aliphatic rings. The molecule has 0 bridgehead atoms. The zero-order valence-corrected chi connectivity index (χ0v) is 9.51. The maximum absolute atomic E-state index is 9.07. The van der Waals surface area contributed by atoms with E-state index in [2.05, 4.69) is 16.4 Å². The van der Waals surface area contributed by atoms with E-state index in [9.17, 15) is 0 Å². The van der Waals surface area contributed by atoms with E-state index in [0.717, 1.165) is 16.6 Å². The summed E-state index contributed by atoms with van der Waals surface area (Å²) in [6.45, 7) is 1.87. The highest BCUT2D eigenvalue weighted by atomic mass is 16.3. The number of hydrogen-bond acceptors (Lipinski definition) is 4. The Morgan fingerprint density at radius 3 is 2.94 bits per heavy atom. The van der Waals surface area contributed by atoms with Gasteiger partial charge in [-0.05, 0) is 13.0 Å². The number of fused-ring (bicyclic) bond motifs is 1. The Labute approximate surface area is 99.5 Å². The summed E-state index contributed by atoms with van der Waals surface area (Å²) in [6, 6.07) is 9.62. The molecule has 0 saturated heterocycles. The second-order valence-corrected chi connectivity index (χ2v) is 3.90. The first kappa shape index (κ1) is 11.4. The van der Waals surface area contributed by atoms with E-state index in [4.69, 9.17) is 10.4 Å². The first-order chi connectivity index (χ1) is 8.26. The molecule has 86 valence electrons. The van der Waals surface area contributed by atoms with Crippen molar-refractivity contribution in [1.82, 2.24) is 4.98 Å². The molecule has 2 aromatic rings. The highest BCUT2D eigenvalue weighted by Gasteiger charge is 2.10. The van der Waals surface area contributed by atoms with Gasteiger partial charge in [0.1, 0.15) is 6.07 Å². The third kappa shape index (κ3) is 2.19. The Bertz CT molecular complexity index is 574. The van der Waals surface area contributed by atoms with Crippen LogP contribution in [0.5, 0.6) is 0 Å². The van der Waals surface area contributed by atoms with Gasteiger partial charge in [0.2, 0.25) is 0 Å². The number of pyridine rings is 1. The molecule has 1 aromatic heterocycles. The van der Waals surface area contributed by atoms with Crippen molar-refractivity contribution in [3.05, 3.63) is 36.0 Å². The number of anilines is 1. The quantitative estimate of drug-likeness (QED) is 0.840. The summed E-state index contributed by atoms with van der Waals surface area (Å²) in [7, 11) is 0. The third-order valence-corrected chi connectivity index (χ3v) is 2.56. The van der Waals surface area contributed by atoms with E-state index in [1.807, 2.05) is 31.2 Å². The summed E-state index contributed by atoms with van der Waals surface area (Å²) in [6.07, 6.45) is 1.55. The number of aliphatic hydroxyl groups excluding tert-OH is 1. The van der Waals surface area contributed by atoms with Gasteiger partial charge >= 0.3 is 0 Å². The van der Waals surface area contributed by atoms with E-state index in [0.29, 0.717) is 5.56 Å². The number of benzene rings is 1. The van der Waals surface area contributed by atoms with E-state index in [-0.39, 0.29) is 12.6 Å². The fourth-order valence-corrected chi connectivity index (χ4v) is 1.67. The predicted octanol–water partition coefficient (Wildman–Crippen LogP) is 1.90. The lowest BCUT2D eigenvalue weighted by Gasteiger charge is -2.15. The average molecular weight is 227 g/mol. The number of hydrogen-bond donors (Lipinski definition) is 2. The second kappa shape index (κ2) is 4.81. The molecule has 0 radical (unpaired) electrons. The van der Waals surface area contributed by atoms with E-state index < -0.39 is 0 Å². The Kier molecular flexibility index (Phi) is 3.22. The molecule has 1 aromatic carbocycles. The molecule has 0 amide bonds. The Morgan fingerprint density at radius 2 is 2.24 bits per heavy atom. The van der Waals surface area contributed by atoms with E-state index >= 15 is 0 Å². The minimum absolute atomic E-state index is 0.0154. The van der Waals surface area contributed by atoms with Gasteiger partial charge in [-0.3, -0.25) is 4.98 Å². The van der Waals surface area contributed by atoms with Crippen LogP contribution in [0.15, 0.2) is 30.5 Å². The van der Waals surface area contributed by atoms with Crippen molar-refractivity contribution in [3.8, 4) is 6.07 Å². The summed E-state index contributed by atoms with van der Waals surface area (Å²) in [4.78, 5) is 4.22. The normalized spacial score (nSPS) is 12.1. The van der Waals surface area contributed by atoms with Crippen LogP contribution < -0.4 is 5.32 Å². The smallest absolute Gasteiger partial charge is 0.103 e. The SMILES string of the molecule is CC(CO)Nc1c(C#N)cnc2ccccc12. The zero-order chi connectivity index (χ0) is 12.3. The monoisotopic (exact) mass is 227 g/mol. The van der Waals surface area contributed by atoms with Gasteiger partial charge in [-0.1, -0.05) is 18.2 Å². The fraction of sp³-hybridized carbons (Fsp3) is 0.231. The summed E-state index contributed by atoms with van der Waals surface area (Å²) in [5, 5.41) is 22.2. The number of nitriles is 1. The van der Waals surface area contributed by atoms with Gasteiger partial charge in [0.05, 0.1) is 23.4 Å². The lowest BCUT2D eigenvalue weighted by molar-refractivity contribution is 0.281. The molecule has 17 heavy (non-hydrogen) atoms. The molecule has 0 fully saturated rings. The molecule has 2 N–H and O–H groups in total. The van der Waals surface area contributed by atoms with Crippen LogP contribution in [-0.2, 0) is 0 Å². The Hall–Kier alpha value is -2.12. The van der Waals surface area contributed by atoms with Crippen LogP contribution in [0.1, 0.15) is 12.5 Å². The van der Waals surface area contributed by atoms with Gasteiger partial charge in [0, 0.05) is 17.6 Å². The molecule has 4 heteroatoms. The molecule has 1 heterocycles. The summed E-state index contributed by atoms with van der Waals surface area (Å²) >= 11 is 0. The number of nitrogens with zero attached hydrogens (tertiary/aromatic N) is 2. The standard InChI is InChI=1S/C13H13N3O/c1-9(8-17)16-13-10(6-14)7-15-12-5-3-2-4-11(12)13/h2-5,7,9,17H,8H2,1H3,(H,15,16). The van der Waals surface area contributed by atoms with Crippen LogP contribution in [0.25, 0.3) is 10.9 Å². The molecule has 1 atom stereocenters. The van der Waals surface area contributed by atoms with Crippen LogP contribution in [0.3, 0.4) is 0 Å². The van der Waals surface area contributed by atoms with Gasteiger partial charge in [-0.15, -0.1) is 0 Å². The Balaban J connectivity index is 2.60. The zero-order valence-electron chi connectivity index (χ0n) is 9.51. The summed E-state index contributed by atoms with van der Waals surface area (Å²) in [5.74, 6) is 0. The maximum atomic E-state index is 9.07. The number of para-hydroxylation sites is 1. The largest absolute Gasteiger partial charge is 0.394 e. The first-order valence-electron chi connectivity index (χ1n) is 5.41. The minimum atomic E-state index is -0.104. The van der Waals surface area contributed by atoms with Gasteiger partial charge < -0.3 is 10.4 Å². The maximum Gasteiger partial charge on any atom is 0.103 e. The predicted molar refractivity (Wildman–Crippen MR) is 66.6 cm³/mol. The molecule has 0 spiro atoms. The molecule has 2 rings (SSSR count). The highest BCUT2D eigenvalue weighted by molar-refractivity contribution is 5.93. The average Bonchev–Trinajstić information content (AvgIpc) is 2.39. The van der Waals surface area contributed by atoms with Crippen molar-refractivity contribution in [1.29, 1.82) is 5.26 Å². The van der Waals surface area contributed by atoms with Gasteiger partial charge in [0.15, 0.2) is 0 Å². The van der Waals surface area contributed by atoms with Crippen LogP contribution in [0.2, 0.25) is 0 Å². The molecular formula is C13H13N3O. The number of aromatic nitrogens is 1. The van der Waals surface area contributed by atoms with Crippen molar-refractivity contribution in [2.75, 3.05) is 11.9 Å². The molecule has 1 unspecified atom stereocenters. The molecule has 0 aliphatic carbocycles. The minimum Gasteiger partial charge on any atom is -0.394 e. The number of aliphatic hydroxyl groups is 1. The number of rotatable bonds is 3. The van der Waals surface area contributed by atoms with Crippen molar-refractivity contribution < 1.29 is 5.11 Å². The lowest BCUT2D eigenvalue weighted by Crippen LogP contribution is -2.20. The Morgan fingerprint density at radius 1 is 1.47 bits per heavy atom. The summed E-state index contributed by atoms with van der Waals surface area (Å²) < 4.78 is 0. The van der Waals surface area contributed by atoms with Gasteiger partial charge in [0.25, 0.3) is 0 Å². The highest BCUT2D eigenvalue weighted by Crippen LogP contribution is 2.25. The van der Waals surface area contributed by atoms with Crippen molar-refractivity contribution in [2.45, 2.75) is 13.0 Å². The van der Waals surface area contributed by atoms with Crippen molar-refractivity contribution in [3.63, 3.8) is 0 Å². The third-order valence-electron chi connectivity index (χ3n) is 2.56. The molecular weight excluding hydrogens is 214 g/mol. The van der Waals surface area contributed by atoms with Crippen LogP contribution in [-0.4, -0.2) is 22.7 Å². The first-order valence-corrected chi connectivity index (χ1v) is 5.41. The lowest BCUT2D eigenvalue weighted by atomic mass is 10.1. The van der Waals surface area contributed by atoms with Crippen LogP contribution >= 0.6 is 0 Å². The summed E-state index contributed by atoms with van der Waals surface area (Å²) in [5.41, 5.74) is 2.06. The topological polar surface area (TPSA) is 68.9 Å². The number of nitrogens with one attached hydrogen (secondary N) is 1. The van der Waals surface area contributed by atoms with E-state index in [1.165, 1.54) is 0 Å². The van der Waals surface area contributed by atoms with Gasteiger partial charge in [-0.2, -0.15) is 5.26 Å². The van der Waals surface area contributed by atoms with Crippen molar-refractivity contribution >= 4 is 16.6 Å². The van der Waals surface area contributed by atoms with Crippen LogP contribution in [0.4, 0.5) is 5.69 Å². The van der Waals surface area contributed by atoms with E-state index in [1.54, 1.807) is 6.20 Å². The molecule has 0 aliphatic heterocycles. The van der Waals surface area contributed by atoms with Gasteiger partial charge in [-0.25, -0.2) is 0 Å².